The molecule has 2 aliphatic heterocycles. The summed E-state index contributed by atoms with van der Waals surface area (Å²) in [6, 6.07) is -0.330. The number of imidazole rings is 1. The Morgan fingerprint density at radius 3 is 2.90 bits per heavy atom. The first-order valence-electron chi connectivity index (χ1n) is 6.98. The number of nitrogens with one attached hydrogen (secondary N) is 1. The second-order valence-electron chi connectivity index (χ2n) is 5.42. The van der Waals surface area contributed by atoms with Gasteiger partial charge in [-0.05, 0) is 19.8 Å². The van der Waals surface area contributed by atoms with E-state index in [9.17, 15) is 13.2 Å². The number of hydrogen-bond donors (Lipinski definition) is 1. The van der Waals surface area contributed by atoms with E-state index in [1.165, 1.54) is 4.57 Å². The molecule has 1 fully saturated rings. The summed E-state index contributed by atoms with van der Waals surface area (Å²) in [7, 11) is 0. The van der Waals surface area contributed by atoms with Gasteiger partial charge >= 0.3 is 6.18 Å². The Morgan fingerprint density at radius 2 is 2.25 bits per heavy atom. The zero-order chi connectivity index (χ0) is 14.3. The van der Waals surface area contributed by atoms with E-state index in [1.807, 2.05) is 0 Å². The summed E-state index contributed by atoms with van der Waals surface area (Å²) in [6.07, 6.45) is -2.28. The first-order chi connectivity index (χ1) is 9.48. The van der Waals surface area contributed by atoms with Gasteiger partial charge in [-0.2, -0.15) is 13.2 Å². The molecular formula is C13H18F3N3O. The highest BCUT2D eigenvalue weighted by atomic mass is 19.4. The van der Waals surface area contributed by atoms with Crippen LogP contribution in [0.1, 0.15) is 43.0 Å². The zero-order valence-electron chi connectivity index (χ0n) is 11.3. The van der Waals surface area contributed by atoms with Gasteiger partial charge in [0.05, 0.1) is 17.8 Å². The first-order valence-corrected chi connectivity index (χ1v) is 6.98. The fraction of sp³-hybridized carbons (Fsp3) is 0.769. The molecule has 1 saturated heterocycles. The number of rotatable bonds is 2. The summed E-state index contributed by atoms with van der Waals surface area (Å²) >= 11 is 0. The number of hydrogen-bond acceptors (Lipinski definition) is 3. The van der Waals surface area contributed by atoms with Crippen LogP contribution in [0.3, 0.4) is 0 Å². The van der Waals surface area contributed by atoms with Crippen LogP contribution >= 0.6 is 0 Å². The number of halogens is 3. The fourth-order valence-electron chi connectivity index (χ4n) is 3.12. The molecule has 0 saturated carbocycles. The monoisotopic (exact) mass is 289 g/mol. The minimum absolute atomic E-state index is 0.149. The highest BCUT2D eigenvalue weighted by Gasteiger charge is 2.41. The summed E-state index contributed by atoms with van der Waals surface area (Å²) in [4.78, 5) is 3.83. The molecule has 20 heavy (non-hydrogen) atoms. The third-order valence-corrected chi connectivity index (χ3v) is 4.09. The van der Waals surface area contributed by atoms with Gasteiger partial charge in [-0.3, -0.25) is 0 Å². The molecule has 3 rings (SSSR count). The summed E-state index contributed by atoms with van der Waals surface area (Å²) in [5.41, 5.74) is 1.23. The summed E-state index contributed by atoms with van der Waals surface area (Å²) in [6.45, 7) is 3.53. The molecule has 3 heterocycles. The van der Waals surface area contributed by atoms with E-state index in [2.05, 4.69) is 10.3 Å². The van der Waals surface area contributed by atoms with Crippen molar-refractivity contribution in [2.75, 3.05) is 13.2 Å². The van der Waals surface area contributed by atoms with Crippen molar-refractivity contribution in [3.05, 3.63) is 17.2 Å². The van der Waals surface area contributed by atoms with Crippen molar-refractivity contribution in [1.82, 2.24) is 14.9 Å². The number of nitrogens with zero attached hydrogens (tertiary/aromatic N) is 2. The SMILES string of the molecule is CC(C1CCCO1)n1c(C(F)(F)F)nc2c1CCNC2. The molecule has 112 valence electrons. The molecule has 1 aromatic rings. The standard InChI is InChI=1S/C13H18F3N3O/c1-8(11-3-2-6-20-11)19-10-4-5-17-7-9(10)18-12(19)13(14,15)16/h8,11,17H,2-7H2,1H3. The number of ether oxygens (including phenoxy) is 1. The number of alkyl halides is 3. The Hall–Kier alpha value is -1.08. The van der Waals surface area contributed by atoms with E-state index in [-0.39, 0.29) is 12.1 Å². The lowest BCUT2D eigenvalue weighted by Crippen LogP contribution is -2.30. The quantitative estimate of drug-likeness (QED) is 0.908. The molecule has 4 nitrogen and oxygen atoms in total. The first kappa shape index (κ1) is 13.9. The third-order valence-electron chi connectivity index (χ3n) is 4.09. The van der Waals surface area contributed by atoms with Crippen LogP contribution in [0, 0.1) is 0 Å². The van der Waals surface area contributed by atoms with Gasteiger partial charge in [0.15, 0.2) is 0 Å². The van der Waals surface area contributed by atoms with Crippen molar-refractivity contribution in [3.8, 4) is 0 Å². The van der Waals surface area contributed by atoms with E-state index >= 15 is 0 Å². The molecule has 0 bridgehead atoms. The molecule has 2 unspecified atom stereocenters. The summed E-state index contributed by atoms with van der Waals surface area (Å²) in [5.74, 6) is -0.783. The maximum atomic E-state index is 13.2. The largest absolute Gasteiger partial charge is 0.449 e. The van der Waals surface area contributed by atoms with Gasteiger partial charge in [-0.15, -0.1) is 0 Å². The van der Waals surface area contributed by atoms with Crippen LogP contribution in [0.2, 0.25) is 0 Å². The van der Waals surface area contributed by atoms with Crippen molar-refractivity contribution >= 4 is 0 Å². The molecule has 2 aliphatic rings. The van der Waals surface area contributed by atoms with Crippen LogP contribution in [0.25, 0.3) is 0 Å². The van der Waals surface area contributed by atoms with Crippen molar-refractivity contribution in [2.45, 2.75) is 51.1 Å². The molecule has 0 radical (unpaired) electrons. The van der Waals surface area contributed by atoms with Gasteiger partial charge < -0.3 is 14.6 Å². The van der Waals surface area contributed by atoms with Crippen LogP contribution < -0.4 is 5.32 Å². The molecule has 1 aromatic heterocycles. The lowest BCUT2D eigenvalue weighted by atomic mass is 10.1. The fourth-order valence-corrected chi connectivity index (χ4v) is 3.12. The lowest BCUT2D eigenvalue weighted by Gasteiger charge is -2.26. The maximum absolute atomic E-state index is 13.2. The van der Waals surface area contributed by atoms with Gasteiger partial charge in [0.2, 0.25) is 5.82 Å². The van der Waals surface area contributed by atoms with E-state index in [0.29, 0.717) is 37.5 Å². The van der Waals surface area contributed by atoms with Crippen molar-refractivity contribution in [2.24, 2.45) is 0 Å². The molecule has 0 aromatic carbocycles. The molecule has 0 amide bonds. The smallest absolute Gasteiger partial charge is 0.376 e. The maximum Gasteiger partial charge on any atom is 0.449 e. The Kier molecular flexibility index (Phi) is 3.50. The molecule has 7 heteroatoms. The van der Waals surface area contributed by atoms with Gasteiger partial charge in [0.25, 0.3) is 0 Å². The highest BCUT2D eigenvalue weighted by molar-refractivity contribution is 5.23. The number of aromatic nitrogens is 2. The molecule has 0 aliphatic carbocycles. The van der Waals surface area contributed by atoms with Crippen LogP contribution in [-0.2, 0) is 23.9 Å². The third kappa shape index (κ3) is 2.33. The van der Waals surface area contributed by atoms with Gasteiger partial charge in [-0.25, -0.2) is 4.98 Å². The van der Waals surface area contributed by atoms with Gasteiger partial charge in [0, 0.05) is 31.8 Å². The average molecular weight is 289 g/mol. The van der Waals surface area contributed by atoms with Gasteiger partial charge in [-0.1, -0.05) is 0 Å². The van der Waals surface area contributed by atoms with E-state index < -0.39 is 12.0 Å². The van der Waals surface area contributed by atoms with E-state index in [0.717, 1.165) is 12.8 Å². The Bertz CT molecular complexity index is 492. The topological polar surface area (TPSA) is 39.1 Å². The summed E-state index contributed by atoms with van der Waals surface area (Å²) in [5, 5.41) is 3.07. The lowest BCUT2D eigenvalue weighted by molar-refractivity contribution is -0.148. The normalized spacial score (nSPS) is 24.7. The molecule has 1 N–H and O–H groups in total. The zero-order valence-corrected chi connectivity index (χ0v) is 11.3. The van der Waals surface area contributed by atoms with E-state index in [4.69, 9.17) is 4.74 Å². The predicted octanol–water partition coefficient (Wildman–Crippen LogP) is 2.29. The predicted molar refractivity (Wildman–Crippen MR) is 66.3 cm³/mol. The van der Waals surface area contributed by atoms with Crippen LogP contribution in [0.5, 0.6) is 0 Å². The van der Waals surface area contributed by atoms with Crippen molar-refractivity contribution in [3.63, 3.8) is 0 Å². The van der Waals surface area contributed by atoms with Crippen LogP contribution in [0.4, 0.5) is 13.2 Å². The summed E-state index contributed by atoms with van der Waals surface area (Å²) < 4.78 is 46.6. The van der Waals surface area contributed by atoms with E-state index in [1.54, 1.807) is 6.92 Å². The Labute approximate surface area is 115 Å². The molecule has 2 atom stereocenters. The molecular weight excluding hydrogens is 271 g/mol. The highest BCUT2D eigenvalue weighted by Crippen LogP contribution is 2.36. The second kappa shape index (κ2) is 5.04. The number of fused-ring (bicyclic) bond motifs is 1. The Balaban J connectivity index is 2.04. The minimum atomic E-state index is -4.43. The van der Waals surface area contributed by atoms with Crippen LogP contribution in [-0.4, -0.2) is 28.8 Å². The van der Waals surface area contributed by atoms with Crippen molar-refractivity contribution in [1.29, 1.82) is 0 Å². The second-order valence-corrected chi connectivity index (χ2v) is 5.42. The van der Waals surface area contributed by atoms with Gasteiger partial charge in [0.1, 0.15) is 0 Å². The average Bonchev–Trinajstić information content (AvgIpc) is 3.04. The minimum Gasteiger partial charge on any atom is -0.376 e. The Morgan fingerprint density at radius 1 is 1.45 bits per heavy atom. The van der Waals surface area contributed by atoms with Crippen molar-refractivity contribution < 1.29 is 17.9 Å². The molecule has 0 spiro atoms. The van der Waals surface area contributed by atoms with Crippen LogP contribution in [0.15, 0.2) is 0 Å².